The van der Waals surface area contributed by atoms with E-state index in [0.29, 0.717) is 10.8 Å². The SMILES string of the molecule is CCn1nc(C)cc1CC(NC)C1(C)CCCS1. The molecule has 1 fully saturated rings. The molecule has 1 aliphatic heterocycles. The van der Waals surface area contributed by atoms with Gasteiger partial charge in [-0.25, -0.2) is 0 Å². The van der Waals surface area contributed by atoms with Gasteiger partial charge in [0.2, 0.25) is 0 Å². The zero-order valence-corrected chi connectivity index (χ0v) is 12.8. The summed E-state index contributed by atoms with van der Waals surface area (Å²) in [5.74, 6) is 1.31. The number of rotatable bonds is 5. The molecule has 4 heteroatoms. The number of aryl methyl sites for hydroxylation is 2. The van der Waals surface area contributed by atoms with Crippen LogP contribution in [-0.2, 0) is 13.0 Å². The van der Waals surface area contributed by atoms with Crippen molar-refractivity contribution in [2.24, 2.45) is 0 Å². The standard InChI is InChI=1S/C14H25N3S/c1-5-17-12(9-11(2)16-17)10-13(15-4)14(3)7-6-8-18-14/h9,13,15H,5-8,10H2,1-4H3. The van der Waals surface area contributed by atoms with E-state index in [1.807, 2.05) is 0 Å². The van der Waals surface area contributed by atoms with Gasteiger partial charge in [0.25, 0.3) is 0 Å². The molecule has 1 saturated heterocycles. The molecular formula is C14H25N3S. The number of nitrogens with zero attached hydrogens (tertiary/aromatic N) is 2. The van der Waals surface area contributed by atoms with E-state index in [1.165, 1.54) is 24.3 Å². The molecule has 2 unspecified atom stereocenters. The van der Waals surface area contributed by atoms with Gasteiger partial charge in [0, 0.05) is 29.4 Å². The Morgan fingerprint density at radius 1 is 1.61 bits per heavy atom. The van der Waals surface area contributed by atoms with Gasteiger partial charge in [0.1, 0.15) is 0 Å². The highest BCUT2D eigenvalue weighted by Crippen LogP contribution is 2.41. The second-order valence-corrected chi connectivity index (χ2v) is 7.03. The Balaban J connectivity index is 2.14. The van der Waals surface area contributed by atoms with Crippen LogP contribution < -0.4 is 5.32 Å². The molecule has 2 heterocycles. The van der Waals surface area contributed by atoms with Crippen LogP contribution in [0.3, 0.4) is 0 Å². The van der Waals surface area contributed by atoms with Gasteiger partial charge in [-0.1, -0.05) is 0 Å². The van der Waals surface area contributed by atoms with Crippen molar-refractivity contribution in [1.82, 2.24) is 15.1 Å². The largest absolute Gasteiger partial charge is 0.315 e. The van der Waals surface area contributed by atoms with Crippen molar-refractivity contribution in [1.29, 1.82) is 0 Å². The summed E-state index contributed by atoms with van der Waals surface area (Å²) in [7, 11) is 2.09. The Labute approximate surface area is 115 Å². The maximum absolute atomic E-state index is 4.55. The molecule has 0 spiro atoms. The third-order valence-corrected chi connectivity index (χ3v) is 5.67. The first-order valence-corrected chi connectivity index (χ1v) is 7.92. The maximum Gasteiger partial charge on any atom is 0.0596 e. The first-order chi connectivity index (χ1) is 8.59. The molecular weight excluding hydrogens is 242 g/mol. The third kappa shape index (κ3) is 2.75. The number of thioether (sulfide) groups is 1. The van der Waals surface area contributed by atoms with Gasteiger partial charge in [0.05, 0.1) is 5.69 Å². The van der Waals surface area contributed by atoms with Crippen LogP contribution in [0.4, 0.5) is 0 Å². The lowest BCUT2D eigenvalue weighted by atomic mass is 9.92. The fraction of sp³-hybridized carbons (Fsp3) is 0.786. The molecule has 1 aliphatic rings. The predicted octanol–water partition coefficient (Wildman–Crippen LogP) is 2.63. The van der Waals surface area contributed by atoms with Crippen LogP contribution in [0.5, 0.6) is 0 Å². The summed E-state index contributed by atoms with van der Waals surface area (Å²) < 4.78 is 2.52. The second kappa shape index (κ2) is 5.66. The van der Waals surface area contributed by atoms with E-state index in [4.69, 9.17) is 0 Å². The van der Waals surface area contributed by atoms with Gasteiger partial charge in [0.15, 0.2) is 0 Å². The molecule has 1 aromatic rings. The highest BCUT2D eigenvalue weighted by Gasteiger charge is 2.37. The zero-order valence-electron chi connectivity index (χ0n) is 12.0. The van der Waals surface area contributed by atoms with E-state index in [1.54, 1.807) is 0 Å². The monoisotopic (exact) mass is 267 g/mol. The molecule has 102 valence electrons. The molecule has 1 aromatic heterocycles. The minimum absolute atomic E-state index is 0.380. The molecule has 0 aromatic carbocycles. The zero-order chi connectivity index (χ0) is 13.2. The van der Waals surface area contributed by atoms with Crippen LogP contribution in [0.25, 0.3) is 0 Å². The summed E-state index contributed by atoms with van der Waals surface area (Å²) >= 11 is 2.12. The average molecular weight is 267 g/mol. The number of aromatic nitrogens is 2. The van der Waals surface area contributed by atoms with Gasteiger partial charge in [-0.15, -0.1) is 0 Å². The fourth-order valence-corrected chi connectivity index (χ4v) is 4.39. The van der Waals surface area contributed by atoms with Crippen molar-refractivity contribution in [3.8, 4) is 0 Å². The highest BCUT2D eigenvalue weighted by molar-refractivity contribution is 8.00. The fourth-order valence-electron chi connectivity index (χ4n) is 2.95. The summed E-state index contributed by atoms with van der Waals surface area (Å²) in [5.41, 5.74) is 2.49. The van der Waals surface area contributed by atoms with Gasteiger partial charge in [-0.3, -0.25) is 4.68 Å². The first-order valence-electron chi connectivity index (χ1n) is 6.93. The van der Waals surface area contributed by atoms with Crippen molar-refractivity contribution >= 4 is 11.8 Å². The molecule has 0 aliphatic carbocycles. The lowest BCUT2D eigenvalue weighted by molar-refractivity contribution is 0.413. The predicted molar refractivity (Wildman–Crippen MR) is 79.3 cm³/mol. The quantitative estimate of drug-likeness (QED) is 0.889. The number of hydrogen-bond acceptors (Lipinski definition) is 3. The first kappa shape index (κ1) is 13.9. The molecule has 0 bridgehead atoms. The molecule has 3 nitrogen and oxygen atoms in total. The van der Waals surface area contributed by atoms with E-state index in [9.17, 15) is 0 Å². The molecule has 0 amide bonds. The van der Waals surface area contributed by atoms with Crippen LogP contribution in [0, 0.1) is 6.92 Å². The van der Waals surface area contributed by atoms with Gasteiger partial charge < -0.3 is 5.32 Å². The minimum atomic E-state index is 0.380. The average Bonchev–Trinajstić information content (AvgIpc) is 2.93. The Morgan fingerprint density at radius 2 is 2.39 bits per heavy atom. The molecule has 2 rings (SSSR count). The van der Waals surface area contributed by atoms with E-state index in [-0.39, 0.29) is 0 Å². The second-order valence-electron chi connectivity index (χ2n) is 5.40. The summed E-state index contributed by atoms with van der Waals surface area (Å²) in [6.45, 7) is 7.61. The van der Waals surface area contributed by atoms with Crippen molar-refractivity contribution in [3.05, 3.63) is 17.5 Å². The molecule has 1 N–H and O–H groups in total. The summed E-state index contributed by atoms with van der Waals surface area (Å²) in [5, 5.41) is 8.08. The summed E-state index contributed by atoms with van der Waals surface area (Å²) in [6.07, 6.45) is 3.75. The summed E-state index contributed by atoms with van der Waals surface area (Å²) in [6, 6.07) is 2.77. The summed E-state index contributed by atoms with van der Waals surface area (Å²) in [4.78, 5) is 0. The van der Waals surface area contributed by atoms with E-state index < -0.39 is 0 Å². The number of hydrogen-bond donors (Lipinski definition) is 1. The van der Waals surface area contributed by atoms with Crippen molar-refractivity contribution in [2.75, 3.05) is 12.8 Å². The van der Waals surface area contributed by atoms with E-state index in [2.05, 4.69) is 60.7 Å². The van der Waals surface area contributed by atoms with Crippen LogP contribution in [0.1, 0.15) is 38.1 Å². The maximum atomic E-state index is 4.55. The molecule has 18 heavy (non-hydrogen) atoms. The Kier molecular flexibility index (Phi) is 4.38. The lowest BCUT2D eigenvalue weighted by Crippen LogP contribution is -2.45. The van der Waals surface area contributed by atoms with Crippen LogP contribution in [0.2, 0.25) is 0 Å². The topological polar surface area (TPSA) is 29.9 Å². The highest BCUT2D eigenvalue weighted by atomic mass is 32.2. The van der Waals surface area contributed by atoms with Crippen LogP contribution in [0.15, 0.2) is 6.07 Å². The third-order valence-electron chi connectivity index (χ3n) is 4.03. The Hall–Kier alpha value is -0.480. The van der Waals surface area contributed by atoms with Crippen LogP contribution in [-0.4, -0.2) is 33.4 Å². The normalized spacial score (nSPS) is 25.6. The van der Waals surface area contributed by atoms with Gasteiger partial charge in [-0.2, -0.15) is 16.9 Å². The van der Waals surface area contributed by atoms with Crippen molar-refractivity contribution < 1.29 is 0 Å². The van der Waals surface area contributed by atoms with Crippen LogP contribution >= 0.6 is 11.8 Å². The smallest absolute Gasteiger partial charge is 0.0596 e. The van der Waals surface area contributed by atoms with Gasteiger partial charge in [-0.05, 0) is 52.5 Å². The minimum Gasteiger partial charge on any atom is -0.315 e. The van der Waals surface area contributed by atoms with E-state index in [0.717, 1.165) is 18.7 Å². The van der Waals surface area contributed by atoms with E-state index >= 15 is 0 Å². The Bertz CT molecular complexity index is 394. The number of likely N-dealkylation sites (N-methyl/N-ethyl adjacent to an activating group) is 1. The Morgan fingerprint density at radius 3 is 2.94 bits per heavy atom. The number of nitrogens with one attached hydrogen (secondary N) is 1. The van der Waals surface area contributed by atoms with Crippen molar-refractivity contribution in [3.63, 3.8) is 0 Å². The molecule has 0 saturated carbocycles. The van der Waals surface area contributed by atoms with Crippen molar-refractivity contribution in [2.45, 2.75) is 57.4 Å². The van der Waals surface area contributed by atoms with Gasteiger partial charge >= 0.3 is 0 Å². The molecule has 0 radical (unpaired) electrons. The lowest BCUT2D eigenvalue weighted by Gasteiger charge is -2.33. The molecule has 2 atom stereocenters.